The van der Waals surface area contributed by atoms with Crippen molar-refractivity contribution in [2.45, 2.75) is 0 Å². The van der Waals surface area contributed by atoms with E-state index in [1.807, 2.05) is 61.4 Å². The molecule has 0 amide bonds. The molecule has 0 saturated heterocycles. The van der Waals surface area contributed by atoms with Gasteiger partial charge in [-0.25, -0.2) is 0 Å². The summed E-state index contributed by atoms with van der Waals surface area (Å²) in [6, 6.07) is 0. The molecule has 0 aromatic rings. The predicted octanol–water partition coefficient (Wildman–Crippen LogP) is 1.51. The maximum atomic E-state index is 10.8. The van der Waals surface area contributed by atoms with Gasteiger partial charge in [0, 0.05) is 34.6 Å². The summed E-state index contributed by atoms with van der Waals surface area (Å²) >= 11 is 4.83. The smallest absolute Gasteiger partial charge is 0.00506 e. The summed E-state index contributed by atoms with van der Waals surface area (Å²) in [7, 11) is 2.45. The first-order valence-electron chi connectivity index (χ1n) is 6.12. The van der Waals surface area contributed by atoms with Crippen LogP contribution in [0.5, 0.6) is 0 Å². The number of hydrogen-bond donors (Lipinski definition) is 0. The van der Waals surface area contributed by atoms with E-state index in [0.29, 0.717) is 0 Å². The van der Waals surface area contributed by atoms with Crippen molar-refractivity contribution in [2.75, 3.05) is 14.2 Å². The first kappa shape index (κ1) is 24.6. The third-order valence-electron chi connectivity index (χ3n) is 2.06. The fraction of sp³-hybridized carbons (Fsp3) is 0.125. The van der Waals surface area contributed by atoms with Crippen molar-refractivity contribution >= 4 is 44.0 Å². The van der Waals surface area contributed by atoms with Gasteiger partial charge in [0.1, 0.15) is 0 Å². The SMILES string of the molecule is COC(=O)/C([Se])=C(/[Se])C(=O)OC.[CH]1C=CC=C1.[CH]1C=CC=C1.[Ti]. The normalized spacial score (nSPS) is 13.7. The molecule has 4 nitrogen and oxygen atoms in total. The number of ether oxygens (including phenoxy) is 2. The van der Waals surface area contributed by atoms with E-state index < -0.39 is 11.9 Å². The summed E-state index contributed by atoms with van der Waals surface area (Å²) in [5.41, 5.74) is 0. The zero-order valence-electron chi connectivity index (χ0n) is 12.7. The number of rotatable bonds is 2. The summed E-state index contributed by atoms with van der Waals surface area (Å²) < 4.78 is 8.92. The number of carbonyl (C=O) groups is 2. The van der Waals surface area contributed by atoms with Gasteiger partial charge in [-0.2, -0.15) is 0 Å². The van der Waals surface area contributed by atoms with E-state index in [2.05, 4.69) is 41.5 Å². The third-order valence-corrected chi connectivity index (χ3v) is 4.27. The Bertz CT molecular complexity index is 454. The molecule has 0 aromatic carbocycles. The Morgan fingerprint density at radius 3 is 1.04 bits per heavy atom. The number of hydrogen-bond acceptors (Lipinski definition) is 4. The number of esters is 2. The molecule has 7 heteroatoms. The van der Waals surface area contributed by atoms with Crippen molar-refractivity contribution in [3.05, 3.63) is 70.4 Å². The van der Waals surface area contributed by atoms with Crippen LogP contribution in [-0.4, -0.2) is 58.2 Å². The van der Waals surface area contributed by atoms with Crippen LogP contribution in [-0.2, 0) is 40.8 Å². The van der Waals surface area contributed by atoms with E-state index in [9.17, 15) is 9.59 Å². The van der Waals surface area contributed by atoms with Crippen LogP contribution in [0.25, 0.3) is 0 Å². The van der Waals surface area contributed by atoms with Crippen LogP contribution in [0.3, 0.4) is 0 Å². The monoisotopic (exact) mass is 480 g/mol. The molecule has 0 heterocycles. The first-order valence-corrected chi connectivity index (χ1v) is 7.84. The average molecular weight is 478 g/mol. The van der Waals surface area contributed by atoms with E-state index in [0.717, 1.165) is 0 Å². The molecule has 120 valence electrons. The molecule has 0 bridgehead atoms. The van der Waals surface area contributed by atoms with E-state index in [1.165, 1.54) is 14.2 Å². The van der Waals surface area contributed by atoms with Crippen molar-refractivity contribution in [3.63, 3.8) is 0 Å². The van der Waals surface area contributed by atoms with Gasteiger partial charge in [0.05, 0.1) is 0 Å². The third kappa shape index (κ3) is 12.5. The van der Waals surface area contributed by atoms with Gasteiger partial charge in [-0.15, -0.1) is 0 Å². The van der Waals surface area contributed by atoms with Gasteiger partial charge >= 0.3 is 86.2 Å². The van der Waals surface area contributed by atoms with Gasteiger partial charge in [0.2, 0.25) is 0 Å². The van der Waals surface area contributed by atoms with Gasteiger partial charge in [0.25, 0.3) is 0 Å². The number of carbonyl (C=O) groups excluding carboxylic acids is 2. The molecule has 0 atom stereocenters. The molecule has 2 aliphatic carbocycles. The Hall–Kier alpha value is -0.607. The van der Waals surface area contributed by atoms with Crippen LogP contribution in [0.1, 0.15) is 0 Å². The van der Waals surface area contributed by atoms with Crippen LogP contribution >= 0.6 is 0 Å². The molecular formula is C16H16O4Se2Ti. The molecule has 23 heavy (non-hydrogen) atoms. The second kappa shape index (κ2) is 16.3. The van der Waals surface area contributed by atoms with E-state index in [-0.39, 0.29) is 30.7 Å². The van der Waals surface area contributed by atoms with Crippen molar-refractivity contribution in [1.29, 1.82) is 0 Å². The Labute approximate surface area is 168 Å². The largest absolute Gasteiger partial charge is 0.0767 e. The zero-order chi connectivity index (χ0) is 16.8. The Kier molecular flexibility index (Phi) is 17.4. The molecule has 0 spiro atoms. The van der Waals surface area contributed by atoms with Crippen molar-refractivity contribution < 1.29 is 40.8 Å². The van der Waals surface area contributed by atoms with Crippen LogP contribution < -0.4 is 0 Å². The molecule has 0 aromatic heterocycles. The van der Waals surface area contributed by atoms with Crippen molar-refractivity contribution in [3.8, 4) is 0 Å². The Morgan fingerprint density at radius 1 is 0.652 bits per heavy atom. The minimum atomic E-state index is -0.603. The standard InChI is InChI=1S/C6H6O4Se2.2C5H5.Ti/c1-9-5(7)3(11)4(12)6(8)10-2;2*1-2-4-5-3-1;/h1-2H3;2*1-5H;/b4-3-;;;. The van der Waals surface area contributed by atoms with Crippen LogP contribution in [0.15, 0.2) is 57.6 Å². The van der Waals surface area contributed by atoms with Gasteiger partial charge in [-0.1, -0.05) is 48.6 Å². The molecule has 2 rings (SSSR count). The minimum Gasteiger partial charge on any atom is -0.0767 e. The molecule has 0 N–H and O–H groups in total. The summed E-state index contributed by atoms with van der Waals surface area (Å²) in [4.78, 5) is 21.7. The summed E-state index contributed by atoms with van der Waals surface area (Å²) in [5, 5.41) is 0. The second-order valence-electron chi connectivity index (χ2n) is 3.57. The van der Waals surface area contributed by atoms with Crippen LogP contribution in [0, 0.1) is 12.8 Å². The second-order valence-corrected chi connectivity index (χ2v) is 5.28. The maximum Gasteiger partial charge on any atom is 0.00506 e. The molecule has 2 aliphatic rings. The van der Waals surface area contributed by atoms with Gasteiger partial charge < -0.3 is 0 Å². The van der Waals surface area contributed by atoms with Crippen LogP contribution in [0.2, 0.25) is 0 Å². The number of allylic oxidation sites excluding steroid dienone is 8. The molecular weight excluding hydrogens is 462 g/mol. The number of methoxy groups -OCH3 is 2. The Balaban J connectivity index is 0. The topological polar surface area (TPSA) is 52.6 Å². The zero-order valence-corrected chi connectivity index (χ0v) is 17.7. The van der Waals surface area contributed by atoms with Crippen molar-refractivity contribution in [1.82, 2.24) is 0 Å². The van der Waals surface area contributed by atoms with Gasteiger partial charge in [0.15, 0.2) is 0 Å². The minimum absolute atomic E-state index is 0. The molecule has 0 saturated carbocycles. The summed E-state index contributed by atoms with van der Waals surface area (Å²) in [6.07, 6.45) is 20.0. The fourth-order valence-corrected chi connectivity index (χ4v) is 1.71. The summed E-state index contributed by atoms with van der Waals surface area (Å²) in [5.74, 6) is -1.21. The van der Waals surface area contributed by atoms with E-state index in [4.69, 9.17) is 0 Å². The van der Waals surface area contributed by atoms with Crippen molar-refractivity contribution in [2.24, 2.45) is 0 Å². The molecule has 0 aliphatic heterocycles. The Morgan fingerprint density at radius 2 is 0.913 bits per heavy atom. The quantitative estimate of drug-likeness (QED) is 0.344. The molecule has 0 fully saturated rings. The predicted molar refractivity (Wildman–Crippen MR) is 87.7 cm³/mol. The van der Waals surface area contributed by atoms with Crippen LogP contribution in [0.4, 0.5) is 0 Å². The molecule has 4 radical (unpaired) electrons. The summed E-state index contributed by atoms with van der Waals surface area (Å²) in [6.45, 7) is 0. The molecule has 0 unspecified atom stereocenters. The first-order chi connectivity index (χ1) is 10.5. The van der Waals surface area contributed by atoms with E-state index in [1.54, 1.807) is 0 Å². The maximum absolute atomic E-state index is 10.8. The fourth-order valence-electron chi connectivity index (χ4n) is 1.01. The van der Waals surface area contributed by atoms with E-state index >= 15 is 0 Å². The van der Waals surface area contributed by atoms with Gasteiger partial charge in [-0.05, 0) is 0 Å². The van der Waals surface area contributed by atoms with Gasteiger partial charge in [-0.3, -0.25) is 0 Å². The average Bonchev–Trinajstić information content (AvgIpc) is 3.29.